The van der Waals surface area contributed by atoms with Crippen LogP contribution in [0.1, 0.15) is 53.8 Å². The number of benzene rings is 1. The van der Waals surface area contributed by atoms with Gasteiger partial charge in [-0.3, -0.25) is 14.0 Å². The highest BCUT2D eigenvalue weighted by Crippen LogP contribution is 2.29. The van der Waals surface area contributed by atoms with Gasteiger partial charge in [0.2, 0.25) is 5.95 Å². The third-order valence-corrected chi connectivity index (χ3v) is 6.84. The molecule has 36 heavy (non-hydrogen) atoms. The lowest BCUT2D eigenvalue weighted by atomic mass is 9.85. The molecule has 3 aromatic heterocycles. The summed E-state index contributed by atoms with van der Waals surface area (Å²) < 4.78 is 21.7. The Morgan fingerprint density at radius 1 is 1.22 bits per heavy atom. The molecule has 1 atom stereocenters. The third kappa shape index (κ3) is 4.79. The van der Waals surface area contributed by atoms with E-state index in [-0.39, 0.29) is 23.8 Å². The number of carbonyl (C=O) groups is 1. The SMILES string of the molecule is COc1cc2nc(F)c(C(C)NCC3CCC3)cc2cc1CNC(=O)c1cc(=O)n2ccccc2n1. The molecule has 8 nitrogen and oxygen atoms in total. The van der Waals surface area contributed by atoms with E-state index in [1.165, 1.54) is 36.8 Å². The van der Waals surface area contributed by atoms with Crippen LogP contribution in [-0.2, 0) is 6.54 Å². The van der Waals surface area contributed by atoms with Gasteiger partial charge in [-0.05, 0) is 56.5 Å². The van der Waals surface area contributed by atoms with Gasteiger partial charge in [0.25, 0.3) is 11.5 Å². The predicted octanol–water partition coefficient (Wildman–Crippen LogP) is 3.77. The lowest BCUT2D eigenvalue weighted by Gasteiger charge is -2.27. The van der Waals surface area contributed by atoms with Crippen LogP contribution in [0.25, 0.3) is 16.6 Å². The van der Waals surface area contributed by atoms with Crippen molar-refractivity contribution >= 4 is 22.5 Å². The lowest BCUT2D eigenvalue weighted by molar-refractivity contribution is 0.0945. The molecule has 2 N–H and O–H groups in total. The van der Waals surface area contributed by atoms with E-state index in [4.69, 9.17) is 4.74 Å². The van der Waals surface area contributed by atoms with Crippen molar-refractivity contribution < 1.29 is 13.9 Å². The summed E-state index contributed by atoms with van der Waals surface area (Å²) in [5.74, 6) is 0.155. The second-order valence-electron chi connectivity index (χ2n) is 9.24. The number of methoxy groups -OCH3 is 1. The molecule has 1 amide bonds. The van der Waals surface area contributed by atoms with Gasteiger partial charge in [-0.15, -0.1) is 0 Å². The predicted molar refractivity (Wildman–Crippen MR) is 135 cm³/mol. The van der Waals surface area contributed by atoms with E-state index in [9.17, 15) is 14.0 Å². The number of ether oxygens (including phenoxy) is 1. The van der Waals surface area contributed by atoms with Gasteiger partial charge in [0.05, 0.1) is 12.6 Å². The number of nitrogens with one attached hydrogen (secondary N) is 2. The first-order valence-corrected chi connectivity index (χ1v) is 12.1. The van der Waals surface area contributed by atoms with Gasteiger partial charge in [0, 0.05) is 47.4 Å². The van der Waals surface area contributed by atoms with Gasteiger partial charge < -0.3 is 15.4 Å². The number of nitrogens with zero attached hydrogens (tertiary/aromatic N) is 3. The molecule has 0 bridgehead atoms. The first-order valence-electron chi connectivity index (χ1n) is 12.1. The number of amides is 1. The molecule has 5 rings (SSSR count). The highest BCUT2D eigenvalue weighted by atomic mass is 19.1. The van der Waals surface area contributed by atoms with E-state index < -0.39 is 11.9 Å². The van der Waals surface area contributed by atoms with Crippen LogP contribution in [-0.4, -0.2) is 33.9 Å². The minimum Gasteiger partial charge on any atom is -0.496 e. The van der Waals surface area contributed by atoms with Crippen LogP contribution in [0.5, 0.6) is 5.75 Å². The van der Waals surface area contributed by atoms with Crippen LogP contribution in [0.15, 0.2) is 53.5 Å². The Morgan fingerprint density at radius 2 is 2.06 bits per heavy atom. The van der Waals surface area contributed by atoms with Crippen LogP contribution >= 0.6 is 0 Å². The molecule has 0 spiro atoms. The standard InChI is InChI=1S/C27H28FN5O3/c1-16(29-14-17-6-5-7-17)20-11-18-10-19(23(36-2)12-21(18)32-26(20)28)15-30-27(35)22-13-25(34)33-9-4-3-8-24(33)31-22/h3-4,8-13,16-17,29H,5-7,14-15H2,1-2H3,(H,30,35). The number of halogens is 1. The molecular formula is C27H28FN5O3. The van der Waals surface area contributed by atoms with Crippen molar-refractivity contribution in [1.82, 2.24) is 25.0 Å². The van der Waals surface area contributed by atoms with Gasteiger partial charge >= 0.3 is 0 Å². The number of carbonyl (C=O) groups excluding carboxylic acids is 1. The van der Waals surface area contributed by atoms with Crippen molar-refractivity contribution in [3.63, 3.8) is 0 Å². The summed E-state index contributed by atoms with van der Waals surface area (Å²) in [5, 5.41) is 6.97. The molecule has 1 unspecified atom stereocenters. The van der Waals surface area contributed by atoms with Crippen molar-refractivity contribution in [2.24, 2.45) is 5.92 Å². The maximum absolute atomic E-state index is 14.8. The number of hydrogen-bond donors (Lipinski definition) is 2. The summed E-state index contributed by atoms with van der Waals surface area (Å²) in [4.78, 5) is 33.6. The summed E-state index contributed by atoms with van der Waals surface area (Å²) in [6, 6.07) is 11.5. The molecule has 1 aliphatic carbocycles. The second kappa shape index (κ2) is 10.0. The average molecular weight is 490 g/mol. The summed E-state index contributed by atoms with van der Waals surface area (Å²) in [6.07, 6.45) is 5.30. The van der Waals surface area contributed by atoms with E-state index in [2.05, 4.69) is 20.6 Å². The quantitative estimate of drug-likeness (QED) is 0.366. The van der Waals surface area contributed by atoms with Gasteiger partial charge in [-0.25, -0.2) is 9.97 Å². The molecule has 0 aliphatic heterocycles. The Hall–Kier alpha value is -3.85. The fourth-order valence-corrected chi connectivity index (χ4v) is 4.46. The number of rotatable bonds is 8. The van der Waals surface area contributed by atoms with E-state index in [1.54, 1.807) is 36.5 Å². The Balaban J connectivity index is 1.37. The zero-order valence-corrected chi connectivity index (χ0v) is 20.3. The van der Waals surface area contributed by atoms with Gasteiger partial charge in [-0.2, -0.15) is 4.39 Å². The Bertz CT molecular complexity index is 1500. The highest BCUT2D eigenvalue weighted by molar-refractivity contribution is 5.92. The van der Waals surface area contributed by atoms with E-state index >= 15 is 0 Å². The summed E-state index contributed by atoms with van der Waals surface area (Å²) in [7, 11) is 1.51. The number of fused-ring (bicyclic) bond motifs is 2. The summed E-state index contributed by atoms with van der Waals surface area (Å²) >= 11 is 0. The average Bonchev–Trinajstić information content (AvgIpc) is 2.85. The van der Waals surface area contributed by atoms with Crippen LogP contribution in [0.2, 0.25) is 0 Å². The van der Waals surface area contributed by atoms with Gasteiger partial charge in [0.15, 0.2) is 0 Å². The molecule has 3 heterocycles. The van der Waals surface area contributed by atoms with Gasteiger partial charge in [-0.1, -0.05) is 12.5 Å². The van der Waals surface area contributed by atoms with E-state index in [1.807, 2.05) is 13.0 Å². The monoisotopic (exact) mass is 489 g/mol. The molecule has 186 valence electrons. The number of pyridine rings is 2. The third-order valence-electron chi connectivity index (χ3n) is 6.84. The topological polar surface area (TPSA) is 97.6 Å². The van der Waals surface area contributed by atoms with Crippen LogP contribution in [0.4, 0.5) is 4.39 Å². The number of aromatic nitrogens is 3. The van der Waals surface area contributed by atoms with Crippen LogP contribution in [0, 0.1) is 11.9 Å². The van der Waals surface area contributed by atoms with Crippen molar-refractivity contribution in [1.29, 1.82) is 0 Å². The van der Waals surface area contributed by atoms with Crippen LogP contribution in [0.3, 0.4) is 0 Å². The molecule has 4 aromatic rings. The van der Waals surface area contributed by atoms with E-state index in [0.717, 1.165) is 11.9 Å². The molecular weight excluding hydrogens is 461 g/mol. The largest absolute Gasteiger partial charge is 0.496 e. The molecule has 9 heteroatoms. The van der Waals surface area contributed by atoms with Gasteiger partial charge in [0.1, 0.15) is 17.1 Å². The van der Waals surface area contributed by atoms with Crippen molar-refractivity contribution in [3.05, 3.63) is 81.8 Å². The zero-order chi connectivity index (χ0) is 25.2. The molecule has 0 radical (unpaired) electrons. The fourth-order valence-electron chi connectivity index (χ4n) is 4.46. The Kier molecular flexibility index (Phi) is 6.65. The van der Waals surface area contributed by atoms with E-state index in [0.29, 0.717) is 34.0 Å². The van der Waals surface area contributed by atoms with Crippen molar-refractivity contribution in [3.8, 4) is 5.75 Å². The zero-order valence-electron chi connectivity index (χ0n) is 20.3. The fraction of sp³-hybridized carbons (Fsp3) is 0.333. The molecule has 1 saturated carbocycles. The smallest absolute Gasteiger partial charge is 0.270 e. The second-order valence-corrected chi connectivity index (χ2v) is 9.24. The first-order chi connectivity index (χ1) is 17.4. The summed E-state index contributed by atoms with van der Waals surface area (Å²) in [5.41, 5.74) is 1.75. The molecule has 1 aromatic carbocycles. The normalized spacial score (nSPS) is 14.5. The van der Waals surface area contributed by atoms with Crippen molar-refractivity contribution in [2.75, 3.05) is 13.7 Å². The molecule has 1 fully saturated rings. The number of hydrogen-bond acceptors (Lipinski definition) is 6. The first kappa shape index (κ1) is 23.9. The molecule has 0 saturated heterocycles. The minimum absolute atomic E-state index is 0.0309. The minimum atomic E-state index is -0.507. The lowest BCUT2D eigenvalue weighted by Crippen LogP contribution is -2.29. The highest BCUT2D eigenvalue weighted by Gasteiger charge is 2.20. The maximum Gasteiger partial charge on any atom is 0.270 e. The molecule has 1 aliphatic rings. The van der Waals surface area contributed by atoms with Crippen molar-refractivity contribution in [2.45, 2.75) is 38.8 Å². The Labute approximate surface area is 207 Å². The van der Waals surface area contributed by atoms with Crippen LogP contribution < -0.4 is 20.9 Å². The maximum atomic E-state index is 14.8. The summed E-state index contributed by atoms with van der Waals surface area (Å²) in [6.45, 7) is 2.94. The Morgan fingerprint density at radius 3 is 2.81 bits per heavy atom.